The minimum atomic E-state index is -0.296. The number of carbonyl (C=O) groups excluding carboxylic acids is 1. The molecule has 2 aliphatic rings. The van der Waals surface area contributed by atoms with Gasteiger partial charge in [0.2, 0.25) is 5.91 Å². The number of hydrogen-bond donors (Lipinski definition) is 1. The summed E-state index contributed by atoms with van der Waals surface area (Å²) in [6.07, 6.45) is 5.48. The van der Waals surface area contributed by atoms with Crippen LogP contribution in [0, 0.1) is 29.5 Å². The van der Waals surface area contributed by atoms with Crippen molar-refractivity contribution in [3.8, 4) is 5.75 Å². The van der Waals surface area contributed by atoms with Crippen LogP contribution in [0.1, 0.15) is 19.8 Å². The van der Waals surface area contributed by atoms with Gasteiger partial charge in [0, 0.05) is 29.8 Å². The maximum absolute atomic E-state index is 13.7. The molecule has 0 radical (unpaired) electrons. The lowest BCUT2D eigenvalue weighted by molar-refractivity contribution is -0.120. The van der Waals surface area contributed by atoms with Crippen molar-refractivity contribution in [3.05, 3.63) is 66.7 Å². The van der Waals surface area contributed by atoms with E-state index in [0.717, 1.165) is 23.9 Å². The van der Waals surface area contributed by atoms with Crippen molar-refractivity contribution in [2.24, 2.45) is 23.7 Å². The quantitative estimate of drug-likeness (QED) is 0.498. The zero-order valence-electron chi connectivity index (χ0n) is 17.6. The Hall–Kier alpha value is -3.48. The summed E-state index contributed by atoms with van der Waals surface area (Å²) < 4.78 is 21.7. The summed E-state index contributed by atoms with van der Waals surface area (Å²) in [6.45, 7) is 2.00. The molecule has 0 aliphatic heterocycles. The molecule has 2 aliphatic carbocycles. The molecule has 2 saturated carbocycles. The molecule has 7 heteroatoms. The zero-order valence-corrected chi connectivity index (χ0v) is 17.6. The van der Waals surface area contributed by atoms with E-state index in [4.69, 9.17) is 4.74 Å². The van der Waals surface area contributed by atoms with Crippen molar-refractivity contribution < 1.29 is 13.9 Å². The smallest absolute Gasteiger partial charge is 0.228 e. The maximum Gasteiger partial charge on any atom is 0.228 e. The molecule has 3 aromatic heterocycles. The third-order valence-electron chi connectivity index (χ3n) is 7.04. The number of carbonyl (C=O) groups is 1. The Morgan fingerprint density at radius 1 is 1.19 bits per heavy atom. The normalized spacial score (nSPS) is 24.9. The first-order valence-corrected chi connectivity index (χ1v) is 11.0. The van der Waals surface area contributed by atoms with E-state index in [1.165, 1.54) is 12.1 Å². The summed E-state index contributed by atoms with van der Waals surface area (Å²) in [5.74, 6) is 2.26. The highest BCUT2D eigenvalue weighted by atomic mass is 19.1. The van der Waals surface area contributed by atoms with E-state index >= 15 is 0 Å². The fraction of sp³-hybridized carbons (Fsp3) is 0.320. The van der Waals surface area contributed by atoms with Crippen LogP contribution < -0.4 is 10.1 Å². The Balaban J connectivity index is 1.08. The van der Waals surface area contributed by atoms with Gasteiger partial charge in [0.25, 0.3) is 0 Å². The lowest BCUT2D eigenvalue weighted by atomic mass is 9.97. The number of pyridine rings is 2. The topological polar surface area (TPSA) is 68.5 Å². The Morgan fingerprint density at radius 2 is 2.03 bits per heavy atom. The third kappa shape index (κ3) is 3.28. The van der Waals surface area contributed by atoms with Gasteiger partial charge in [-0.15, -0.1) is 0 Å². The fourth-order valence-electron chi connectivity index (χ4n) is 5.47. The number of rotatable bonds is 5. The van der Waals surface area contributed by atoms with Crippen molar-refractivity contribution >= 4 is 28.1 Å². The second kappa shape index (κ2) is 7.29. The van der Waals surface area contributed by atoms with Crippen molar-refractivity contribution in [1.29, 1.82) is 0 Å². The van der Waals surface area contributed by atoms with Crippen LogP contribution in [0.15, 0.2) is 60.9 Å². The number of aromatic nitrogens is 3. The molecular weight excluding hydrogens is 407 g/mol. The number of halogens is 1. The van der Waals surface area contributed by atoms with Gasteiger partial charge in [-0.1, -0.05) is 13.0 Å². The Kier molecular flexibility index (Phi) is 4.38. The highest BCUT2D eigenvalue weighted by molar-refractivity contribution is 5.92. The largest absolute Gasteiger partial charge is 0.490 e. The first-order chi connectivity index (χ1) is 15.6. The van der Waals surface area contributed by atoms with Crippen molar-refractivity contribution in [2.75, 3.05) is 5.32 Å². The Bertz CT molecular complexity index is 1290. The molecule has 6 rings (SSSR count). The van der Waals surface area contributed by atoms with Gasteiger partial charge in [-0.05, 0) is 67.0 Å². The molecule has 6 nitrogen and oxygen atoms in total. The molecule has 0 spiro atoms. The van der Waals surface area contributed by atoms with Crippen molar-refractivity contribution in [1.82, 2.24) is 14.6 Å². The Labute approximate surface area is 184 Å². The summed E-state index contributed by atoms with van der Waals surface area (Å²) >= 11 is 0. The summed E-state index contributed by atoms with van der Waals surface area (Å²) in [5.41, 5.74) is 1.67. The first kappa shape index (κ1) is 19.2. The number of benzene rings is 1. The van der Waals surface area contributed by atoms with Crippen LogP contribution in [0.5, 0.6) is 5.75 Å². The summed E-state index contributed by atoms with van der Waals surface area (Å²) in [7, 11) is 0. The van der Waals surface area contributed by atoms with E-state index in [0.29, 0.717) is 34.7 Å². The molecule has 3 unspecified atom stereocenters. The van der Waals surface area contributed by atoms with Crippen LogP contribution in [-0.4, -0.2) is 26.6 Å². The predicted molar refractivity (Wildman–Crippen MR) is 119 cm³/mol. The van der Waals surface area contributed by atoms with Crippen molar-refractivity contribution in [3.63, 3.8) is 0 Å². The van der Waals surface area contributed by atoms with E-state index in [1.54, 1.807) is 22.8 Å². The van der Waals surface area contributed by atoms with Crippen LogP contribution in [0.25, 0.3) is 16.4 Å². The number of nitrogens with zero attached hydrogens (tertiary/aromatic N) is 3. The molecule has 4 aromatic rings. The first-order valence-electron chi connectivity index (χ1n) is 11.0. The monoisotopic (exact) mass is 430 g/mol. The predicted octanol–water partition coefficient (Wildman–Crippen LogP) is 4.70. The molecule has 1 N–H and O–H groups in total. The van der Waals surface area contributed by atoms with E-state index in [9.17, 15) is 9.18 Å². The van der Waals surface area contributed by atoms with Gasteiger partial charge >= 0.3 is 0 Å². The highest BCUT2D eigenvalue weighted by Gasteiger charge is 2.59. The minimum Gasteiger partial charge on any atom is -0.490 e. The van der Waals surface area contributed by atoms with Gasteiger partial charge in [0.1, 0.15) is 11.6 Å². The number of fused-ring (bicyclic) bond motifs is 3. The average molecular weight is 430 g/mol. The summed E-state index contributed by atoms with van der Waals surface area (Å²) in [6, 6.07) is 14.0. The van der Waals surface area contributed by atoms with Gasteiger partial charge in [-0.2, -0.15) is 5.10 Å². The molecule has 162 valence electrons. The van der Waals surface area contributed by atoms with E-state index < -0.39 is 0 Å². The standard InChI is InChI=1S/C25H23FN4O2/c1-14(25(31)28-23-11-16-4-2-3-9-30(16)29-23)24-18-12-17(13-19(18)24)32-22-7-8-27-21-6-5-15(26)10-20(21)22/h2-11,14,17-19,24H,12-13H2,1H3,(H,28,29,31). The second-order valence-corrected chi connectivity index (χ2v) is 8.96. The third-order valence-corrected chi connectivity index (χ3v) is 7.04. The maximum atomic E-state index is 13.7. The van der Waals surface area contributed by atoms with Gasteiger partial charge in [0.15, 0.2) is 5.82 Å². The molecule has 1 amide bonds. The molecule has 3 heterocycles. The van der Waals surface area contributed by atoms with E-state index in [1.807, 2.05) is 37.4 Å². The van der Waals surface area contributed by atoms with Crippen LogP contribution in [0.3, 0.4) is 0 Å². The number of amides is 1. The van der Waals surface area contributed by atoms with E-state index in [2.05, 4.69) is 15.4 Å². The van der Waals surface area contributed by atoms with Crippen LogP contribution >= 0.6 is 0 Å². The van der Waals surface area contributed by atoms with Gasteiger partial charge in [-0.3, -0.25) is 9.78 Å². The minimum absolute atomic E-state index is 0.0147. The molecule has 32 heavy (non-hydrogen) atoms. The number of anilines is 1. The van der Waals surface area contributed by atoms with Crippen LogP contribution in [0.2, 0.25) is 0 Å². The van der Waals surface area contributed by atoms with Crippen LogP contribution in [-0.2, 0) is 4.79 Å². The number of ether oxygens (including phenoxy) is 1. The molecule has 2 fully saturated rings. The Morgan fingerprint density at radius 3 is 2.84 bits per heavy atom. The number of nitrogens with one attached hydrogen (secondary N) is 1. The SMILES string of the molecule is CC(C(=O)Nc1cc2ccccn2n1)C1C2CC(Oc3ccnc4ccc(F)cc34)CC21. The summed E-state index contributed by atoms with van der Waals surface area (Å²) in [5, 5.41) is 8.08. The molecular formula is C25H23FN4O2. The van der Waals surface area contributed by atoms with E-state index in [-0.39, 0.29) is 23.7 Å². The molecule has 0 saturated heterocycles. The van der Waals surface area contributed by atoms with Crippen LogP contribution in [0.4, 0.5) is 10.2 Å². The number of hydrogen-bond acceptors (Lipinski definition) is 4. The highest BCUT2D eigenvalue weighted by Crippen LogP contribution is 2.61. The molecule has 0 bridgehead atoms. The van der Waals surface area contributed by atoms with Gasteiger partial charge < -0.3 is 10.1 Å². The average Bonchev–Trinajstić information content (AvgIpc) is 3.10. The van der Waals surface area contributed by atoms with Gasteiger partial charge in [0.05, 0.1) is 17.1 Å². The zero-order chi connectivity index (χ0) is 21.8. The molecule has 3 atom stereocenters. The fourth-order valence-corrected chi connectivity index (χ4v) is 5.47. The lowest BCUT2D eigenvalue weighted by Gasteiger charge is -2.20. The second-order valence-electron chi connectivity index (χ2n) is 8.96. The molecule has 1 aromatic carbocycles. The lowest BCUT2D eigenvalue weighted by Crippen LogP contribution is -2.25. The van der Waals surface area contributed by atoms with Gasteiger partial charge in [-0.25, -0.2) is 8.91 Å². The summed E-state index contributed by atoms with van der Waals surface area (Å²) in [4.78, 5) is 17.1. The van der Waals surface area contributed by atoms with Crippen molar-refractivity contribution in [2.45, 2.75) is 25.9 Å².